The molecule has 37 heavy (non-hydrogen) atoms. The highest BCUT2D eigenvalue weighted by Gasteiger charge is 2.33. The van der Waals surface area contributed by atoms with Crippen LogP contribution in [0.15, 0.2) is 12.3 Å². The molecule has 0 radical (unpaired) electrons. The van der Waals surface area contributed by atoms with Crippen molar-refractivity contribution in [2.45, 2.75) is 82.3 Å². The highest BCUT2D eigenvalue weighted by Crippen LogP contribution is 2.42. The first-order chi connectivity index (χ1) is 17.9. The summed E-state index contributed by atoms with van der Waals surface area (Å²) in [6, 6.07) is 2.47. The molecule has 1 amide bonds. The summed E-state index contributed by atoms with van der Waals surface area (Å²) in [7, 11) is 3.82. The normalized spacial score (nSPS) is 28.4. The fraction of sp³-hybridized carbons (Fsp3) is 0.750. The smallest absolute Gasteiger partial charge is 0.241 e. The van der Waals surface area contributed by atoms with Gasteiger partial charge in [-0.1, -0.05) is 0 Å². The molecule has 1 atom stereocenters. The summed E-state index contributed by atoms with van der Waals surface area (Å²) in [4.78, 5) is 22.2. The fourth-order valence-corrected chi connectivity index (χ4v) is 6.54. The van der Waals surface area contributed by atoms with Gasteiger partial charge in [-0.15, -0.1) is 5.10 Å². The van der Waals surface area contributed by atoms with E-state index in [0.717, 1.165) is 83.1 Å². The topological polar surface area (TPSA) is 95.2 Å². The third-order valence-corrected chi connectivity index (χ3v) is 8.81. The Morgan fingerprint density at radius 1 is 1.08 bits per heavy atom. The number of aliphatic hydroxyl groups excluding tert-OH is 1. The van der Waals surface area contributed by atoms with Gasteiger partial charge in [0.2, 0.25) is 11.9 Å². The van der Waals surface area contributed by atoms with Crippen molar-refractivity contribution in [3.63, 3.8) is 0 Å². The van der Waals surface area contributed by atoms with E-state index in [2.05, 4.69) is 44.7 Å². The van der Waals surface area contributed by atoms with Crippen LogP contribution in [0.4, 0.5) is 5.95 Å². The van der Waals surface area contributed by atoms with Crippen LogP contribution in [0, 0.1) is 5.92 Å². The second-order valence-corrected chi connectivity index (χ2v) is 11.6. The molecule has 0 unspecified atom stereocenters. The van der Waals surface area contributed by atoms with Crippen LogP contribution in [-0.2, 0) is 9.53 Å². The van der Waals surface area contributed by atoms with Crippen molar-refractivity contribution in [2.75, 3.05) is 52.3 Å². The number of anilines is 1. The summed E-state index contributed by atoms with van der Waals surface area (Å²) in [5, 5.41) is 18.4. The van der Waals surface area contributed by atoms with E-state index in [0.29, 0.717) is 30.3 Å². The minimum atomic E-state index is -0.184. The first kappa shape index (κ1) is 26.4. The standard InChI is InChI=1S/C28H44N6O3/c1-19(18-37-3)30-28-29-17-26-24(16-25(34(26)31-28)21-8-10-23(35)11-9-21)20-4-6-22(7-5-20)27(36)33-14-12-32(2)13-15-33/h16-17,19-23,35H,4-15,18H2,1-3H3,(H,30,31)/t19-,20?,21-,22?,23-/m0/s1. The Labute approximate surface area is 220 Å². The molecule has 0 aromatic carbocycles. The number of hydrogen-bond donors (Lipinski definition) is 2. The van der Waals surface area contributed by atoms with Gasteiger partial charge in [-0.2, -0.15) is 0 Å². The molecule has 0 bridgehead atoms. The molecule has 2 aromatic rings. The molecule has 9 nitrogen and oxygen atoms in total. The van der Waals surface area contributed by atoms with Crippen LogP contribution in [0.25, 0.3) is 5.52 Å². The van der Waals surface area contributed by atoms with Crippen LogP contribution in [0.5, 0.6) is 0 Å². The molecule has 2 N–H and O–H groups in total. The van der Waals surface area contributed by atoms with Gasteiger partial charge in [0.15, 0.2) is 0 Å². The predicted octanol–water partition coefficient (Wildman–Crippen LogP) is 3.24. The summed E-state index contributed by atoms with van der Waals surface area (Å²) in [5.41, 5.74) is 3.64. The molecular weight excluding hydrogens is 468 g/mol. The lowest BCUT2D eigenvalue weighted by molar-refractivity contribution is -0.138. The number of fused-ring (bicyclic) bond motifs is 1. The van der Waals surface area contributed by atoms with Gasteiger partial charge >= 0.3 is 0 Å². The number of likely N-dealkylation sites (N-methyl/N-ethyl adjacent to an activating group) is 1. The Hall–Kier alpha value is -2.23. The third kappa shape index (κ3) is 5.94. The number of aromatic nitrogens is 3. The number of amides is 1. The van der Waals surface area contributed by atoms with E-state index in [4.69, 9.17) is 9.84 Å². The third-order valence-electron chi connectivity index (χ3n) is 8.81. The summed E-state index contributed by atoms with van der Waals surface area (Å²) < 4.78 is 7.37. The molecule has 5 rings (SSSR count). The second kappa shape index (κ2) is 11.7. The highest BCUT2D eigenvalue weighted by atomic mass is 16.5. The number of aliphatic hydroxyl groups is 1. The number of carbonyl (C=O) groups is 1. The Bertz CT molecular complexity index is 1050. The lowest BCUT2D eigenvalue weighted by atomic mass is 9.78. The van der Waals surface area contributed by atoms with Crippen molar-refractivity contribution in [1.29, 1.82) is 0 Å². The minimum Gasteiger partial charge on any atom is -0.393 e. The van der Waals surface area contributed by atoms with Gasteiger partial charge in [-0.05, 0) is 82.9 Å². The van der Waals surface area contributed by atoms with Crippen LogP contribution >= 0.6 is 0 Å². The average molecular weight is 513 g/mol. The number of rotatable bonds is 7. The Morgan fingerprint density at radius 3 is 2.43 bits per heavy atom. The van der Waals surface area contributed by atoms with E-state index >= 15 is 0 Å². The molecule has 204 valence electrons. The van der Waals surface area contributed by atoms with E-state index in [9.17, 15) is 9.90 Å². The molecular formula is C28H44N6O3. The Kier molecular flexibility index (Phi) is 8.31. The number of ether oxygens (including phenoxy) is 1. The van der Waals surface area contributed by atoms with E-state index in [1.54, 1.807) is 7.11 Å². The lowest BCUT2D eigenvalue weighted by Crippen LogP contribution is -2.49. The van der Waals surface area contributed by atoms with Crippen molar-refractivity contribution in [3.05, 3.63) is 23.5 Å². The molecule has 2 aliphatic carbocycles. The number of nitrogens with zero attached hydrogens (tertiary/aromatic N) is 5. The number of methoxy groups -OCH3 is 1. The van der Waals surface area contributed by atoms with Gasteiger partial charge in [-0.3, -0.25) is 4.79 Å². The summed E-state index contributed by atoms with van der Waals surface area (Å²) >= 11 is 0. The zero-order chi connectivity index (χ0) is 25.9. The van der Waals surface area contributed by atoms with E-state index < -0.39 is 0 Å². The van der Waals surface area contributed by atoms with E-state index in [1.165, 1.54) is 11.3 Å². The minimum absolute atomic E-state index is 0.110. The maximum Gasteiger partial charge on any atom is 0.241 e. The largest absolute Gasteiger partial charge is 0.393 e. The van der Waals surface area contributed by atoms with E-state index in [-0.39, 0.29) is 18.1 Å². The molecule has 2 saturated carbocycles. The van der Waals surface area contributed by atoms with Gasteiger partial charge in [-0.25, -0.2) is 9.50 Å². The number of piperazine rings is 1. The SMILES string of the molecule is COC[C@H](C)Nc1ncc2c(C3CCC(C(=O)N4CCN(C)CC4)CC3)cc([C@H]3CC[C@H](O)CC3)n2n1. The quantitative estimate of drug-likeness (QED) is 0.588. The van der Waals surface area contributed by atoms with Crippen LogP contribution in [0.3, 0.4) is 0 Å². The maximum absolute atomic E-state index is 13.2. The molecule has 9 heteroatoms. The van der Waals surface area contributed by atoms with Crippen molar-refractivity contribution >= 4 is 17.4 Å². The Balaban J connectivity index is 1.34. The molecule has 3 aliphatic rings. The summed E-state index contributed by atoms with van der Waals surface area (Å²) in [6.45, 7) is 6.30. The van der Waals surface area contributed by atoms with Gasteiger partial charge in [0, 0.05) is 56.9 Å². The fourth-order valence-electron chi connectivity index (χ4n) is 6.54. The van der Waals surface area contributed by atoms with Crippen molar-refractivity contribution in [2.24, 2.45) is 5.92 Å². The lowest BCUT2D eigenvalue weighted by Gasteiger charge is -2.36. The number of nitrogens with one attached hydrogen (secondary N) is 1. The van der Waals surface area contributed by atoms with Gasteiger partial charge < -0.3 is 25.0 Å². The summed E-state index contributed by atoms with van der Waals surface area (Å²) in [6.07, 6.45) is 9.37. The first-order valence-electron chi connectivity index (χ1n) is 14.2. The van der Waals surface area contributed by atoms with Gasteiger partial charge in [0.25, 0.3) is 0 Å². The van der Waals surface area contributed by atoms with Gasteiger partial charge in [0.05, 0.1) is 24.4 Å². The highest BCUT2D eigenvalue weighted by molar-refractivity contribution is 5.79. The molecule has 3 fully saturated rings. The number of hydrogen-bond acceptors (Lipinski definition) is 7. The zero-order valence-corrected chi connectivity index (χ0v) is 22.7. The second-order valence-electron chi connectivity index (χ2n) is 11.6. The van der Waals surface area contributed by atoms with Crippen molar-refractivity contribution in [3.8, 4) is 0 Å². The predicted molar refractivity (Wildman–Crippen MR) is 144 cm³/mol. The van der Waals surface area contributed by atoms with E-state index in [1.807, 2.05) is 6.20 Å². The first-order valence-corrected chi connectivity index (χ1v) is 14.2. The molecule has 2 aromatic heterocycles. The van der Waals surface area contributed by atoms with Crippen LogP contribution in [-0.4, -0.2) is 94.5 Å². The van der Waals surface area contributed by atoms with Crippen molar-refractivity contribution < 1.29 is 14.6 Å². The van der Waals surface area contributed by atoms with Crippen LogP contribution in [0.2, 0.25) is 0 Å². The zero-order valence-electron chi connectivity index (χ0n) is 22.7. The van der Waals surface area contributed by atoms with Gasteiger partial charge in [0.1, 0.15) is 0 Å². The molecule has 1 saturated heterocycles. The Morgan fingerprint density at radius 2 is 1.76 bits per heavy atom. The summed E-state index contributed by atoms with van der Waals surface area (Å²) in [5.74, 6) is 1.93. The van der Waals surface area contributed by atoms with Crippen LogP contribution < -0.4 is 5.32 Å². The molecule has 0 spiro atoms. The molecule has 1 aliphatic heterocycles. The molecule has 3 heterocycles. The maximum atomic E-state index is 13.2. The van der Waals surface area contributed by atoms with Crippen LogP contribution in [0.1, 0.15) is 81.4 Å². The number of carbonyl (C=O) groups excluding carboxylic acids is 1. The average Bonchev–Trinajstić information content (AvgIpc) is 3.28. The van der Waals surface area contributed by atoms with Crippen molar-refractivity contribution in [1.82, 2.24) is 24.4 Å². The monoisotopic (exact) mass is 512 g/mol.